The Kier molecular flexibility index (Phi) is 5.78. The molecule has 0 spiro atoms. The van der Waals surface area contributed by atoms with Gasteiger partial charge in [-0.15, -0.1) is 0 Å². The summed E-state index contributed by atoms with van der Waals surface area (Å²) in [4.78, 5) is 16.7. The zero-order valence-electron chi connectivity index (χ0n) is 15.1. The standard InChI is InChI=1S/C19H23N5O2/c1-3-11-24-14(2)16(13-21-24)19(25)20-10-9-18-22-17(23-26-18)12-15-7-5-4-6-8-15/h4-8,13H,3,9-12H2,1-2H3,(H,20,25). The van der Waals surface area contributed by atoms with Gasteiger partial charge in [0.15, 0.2) is 5.82 Å². The average molecular weight is 353 g/mol. The van der Waals surface area contributed by atoms with Gasteiger partial charge in [-0.1, -0.05) is 42.4 Å². The Labute approximate surface area is 152 Å². The molecule has 26 heavy (non-hydrogen) atoms. The van der Waals surface area contributed by atoms with Crippen molar-refractivity contribution in [2.45, 2.75) is 39.7 Å². The number of carbonyl (C=O) groups excluding carboxylic acids is 1. The first-order valence-electron chi connectivity index (χ1n) is 8.83. The number of hydrogen-bond acceptors (Lipinski definition) is 5. The number of aryl methyl sites for hydroxylation is 1. The molecule has 0 saturated carbocycles. The number of aromatic nitrogens is 4. The zero-order chi connectivity index (χ0) is 18.4. The van der Waals surface area contributed by atoms with Gasteiger partial charge < -0.3 is 9.84 Å². The lowest BCUT2D eigenvalue weighted by Crippen LogP contribution is -2.26. The summed E-state index contributed by atoms with van der Waals surface area (Å²) >= 11 is 0. The molecule has 0 saturated heterocycles. The van der Waals surface area contributed by atoms with Crippen molar-refractivity contribution in [1.29, 1.82) is 0 Å². The van der Waals surface area contributed by atoms with E-state index in [0.29, 0.717) is 36.7 Å². The molecule has 1 amide bonds. The van der Waals surface area contributed by atoms with Crippen LogP contribution in [0, 0.1) is 6.92 Å². The maximum Gasteiger partial charge on any atom is 0.254 e. The predicted octanol–water partition coefficient (Wildman–Crippen LogP) is 2.55. The maximum atomic E-state index is 12.3. The van der Waals surface area contributed by atoms with Crippen LogP contribution in [0.4, 0.5) is 0 Å². The third kappa shape index (κ3) is 4.36. The molecule has 0 radical (unpaired) electrons. The van der Waals surface area contributed by atoms with E-state index in [1.54, 1.807) is 6.20 Å². The van der Waals surface area contributed by atoms with Gasteiger partial charge >= 0.3 is 0 Å². The number of benzene rings is 1. The van der Waals surface area contributed by atoms with E-state index in [1.165, 1.54) is 0 Å². The molecule has 7 nitrogen and oxygen atoms in total. The molecule has 1 N–H and O–H groups in total. The van der Waals surface area contributed by atoms with Crippen LogP contribution in [-0.2, 0) is 19.4 Å². The molecule has 0 aliphatic heterocycles. The van der Waals surface area contributed by atoms with Gasteiger partial charge in [0.05, 0.1) is 11.8 Å². The van der Waals surface area contributed by atoms with Crippen LogP contribution in [0.25, 0.3) is 0 Å². The first kappa shape index (κ1) is 17.8. The lowest BCUT2D eigenvalue weighted by atomic mass is 10.1. The molecule has 3 aromatic rings. The van der Waals surface area contributed by atoms with Gasteiger partial charge in [0.2, 0.25) is 5.89 Å². The average Bonchev–Trinajstić information content (AvgIpc) is 3.23. The van der Waals surface area contributed by atoms with Crippen molar-refractivity contribution >= 4 is 5.91 Å². The predicted molar refractivity (Wildman–Crippen MR) is 96.8 cm³/mol. The molecule has 0 bridgehead atoms. The fourth-order valence-corrected chi connectivity index (χ4v) is 2.73. The van der Waals surface area contributed by atoms with Crippen LogP contribution in [0.3, 0.4) is 0 Å². The van der Waals surface area contributed by atoms with E-state index in [2.05, 4.69) is 27.5 Å². The molecule has 2 aromatic heterocycles. The zero-order valence-corrected chi connectivity index (χ0v) is 15.1. The molecule has 0 aliphatic carbocycles. The second-order valence-electron chi connectivity index (χ2n) is 6.14. The highest BCUT2D eigenvalue weighted by molar-refractivity contribution is 5.95. The highest BCUT2D eigenvalue weighted by Crippen LogP contribution is 2.09. The van der Waals surface area contributed by atoms with Crippen molar-refractivity contribution in [3.63, 3.8) is 0 Å². The normalized spacial score (nSPS) is 10.8. The first-order chi connectivity index (χ1) is 12.7. The van der Waals surface area contributed by atoms with Gasteiger partial charge in [0, 0.05) is 31.6 Å². The van der Waals surface area contributed by atoms with Crippen LogP contribution in [-0.4, -0.2) is 32.4 Å². The van der Waals surface area contributed by atoms with Crippen molar-refractivity contribution in [2.75, 3.05) is 6.54 Å². The summed E-state index contributed by atoms with van der Waals surface area (Å²) in [6.07, 6.45) is 3.72. The number of carbonyl (C=O) groups is 1. The summed E-state index contributed by atoms with van der Waals surface area (Å²) in [5, 5.41) is 11.1. The summed E-state index contributed by atoms with van der Waals surface area (Å²) in [5.74, 6) is 1.04. The smallest absolute Gasteiger partial charge is 0.254 e. The molecular weight excluding hydrogens is 330 g/mol. The molecule has 2 heterocycles. The minimum atomic E-state index is -0.131. The van der Waals surface area contributed by atoms with Crippen molar-refractivity contribution in [2.24, 2.45) is 0 Å². The van der Waals surface area contributed by atoms with Crippen molar-refractivity contribution in [3.8, 4) is 0 Å². The van der Waals surface area contributed by atoms with Crippen LogP contribution >= 0.6 is 0 Å². The molecule has 1 aromatic carbocycles. The minimum absolute atomic E-state index is 0.131. The Balaban J connectivity index is 1.50. The lowest BCUT2D eigenvalue weighted by molar-refractivity contribution is 0.0952. The number of nitrogens with one attached hydrogen (secondary N) is 1. The summed E-state index contributed by atoms with van der Waals surface area (Å²) in [7, 11) is 0. The quantitative estimate of drug-likeness (QED) is 0.672. The van der Waals surface area contributed by atoms with E-state index in [1.807, 2.05) is 41.9 Å². The second-order valence-corrected chi connectivity index (χ2v) is 6.14. The minimum Gasteiger partial charge on any atom is -0.351 e. The van der Waals surface area contributed by atoms with Crippen molar-refractivity contribution < 1.29 is 9.32 Å². The molecule has 0 atom stereocenters. The Bertz CT molecular complexity index is 854. The van der Waals surface area contributed by atoms with Gasteiger partial charge in [-0.05, 0) is 18.9 Å². The van der Waals surface area contributed by atoms with Crippen LogP contribution in [0.2, 0.25) is 0 Å². The Morgan fingerprint density at radius 3 is 2.85 bits per heavy atom. The second kappa shape index (κ2) is 8.42. The third-order valence-corrected chi connectivity index (χ3v) is 4.12. The van der Waals surface area contributed by atoms with E-state index >= 15 is 0 Å². The first-order valence-corrected chi connectivity index (χ1v) is 8.83. The largest absolute Gasteiger partial charge is 0.351 e. The summed E-state index contributed by atoms with van der Waals surface area (Å²) < 4.78 is 7.11. The van der Waals surface area contributed by atoms with E-state index in [9.17, 15) is 4.79 Å². The molecule has 0 aliphatic rings. The summed E-state index contributed by atoms with van der Waals surface area (Å²) in [5.41, 5.74) is 2.62. The monoisotopic (exact) mass is 353 g/mol. The fourth-order valence-electron chi connectivity index (χ4n) is 2.73. The van der Waals surface area contributed by atoms with Gasteiger partial charge in [0.25, 0.3) is 5.91 Å². The number of amides is 1. The maximum absolute atomic E-state index is 12.3. The molecule has 3 rings (SSSR count). The highest BCUT2D eigenvalue weighted by Gasteiger charge is 2.14. The fraction of sp³-hybridized carbons (Fsp3) is 0.368. The summed E-state index contributed by atoms with van der Waals surface area (Å²) in [6.45, 7) is 5.23. The molecule has 136 valence electrons. The van der Waals surface area contributed by atoms with Crippen LogP contribution in [0.15, 0.2) is 41.1 Å². The van der Waals surface area contributed by atoms with E-state index in [-0.39, 0.29) is 5.91 Å². The summed E-state index contributed by atoms with van der Waals surface area (Å²) in [6, 6.07) is 9.99. The van der Waals surface area contributed by atoms with Crippen LogP contribution in [0.1, 0.15) is 46.7 Å². The van der Waals surface area contributed by atoms with Gasteiger partial charge in [0.1, 0.15) is 0 Å². The van der Waals surface area contributed by atoms with E-state index in [0.717, 1.165) is 24.2 Å². The van der Waals surface area contributed by atoms with Crippen LogP contribution < -0.4 is 5.32 Å². The number of hydrogen-bond donors (Lipinski definition) is 1. The van der Waals surface area contributed by atoms with E-state index < -0.39 is 0 Å². The van der Waals surface area contributed by atoms with Gasteiger partial charge in [-0.3, -0.25) is 9.48 Å². The Morgan fingerprint density at radius 1 is 1.27 bits per heavy atom. The lowest BCUT2D eigenvalue weighted by Gasteiger charge is -2.04. The van der Waals surface area contributed by atoms with Gasteiger partial charge in [-0.25, -0.2) is 0 Å². The number of rotatable bonds is 8. The number of nitrogens with zero attached hydrogens (tertiary/aromatic N) is 4. The molecule has 0 fully saturated rings. The molecule has 7 heteroatoms. The highest BCUT2D eigenvalue weighted by atomic mass is 16.5. The Hall–Kier alpha value is -2.96. The van der Waals surface area contributed by atoms with Crippen molar-refractivity contribution in [3.05, 3.63) is 65.1 Å². The Morgan fingerprint density at radius 2 is 2.08 bits per heavy atom. The third-order valence-electron chi connectivity index (χ3n) is 4.12. The molecule has 0 unspecified atom stereocenters. The van der Waals surface area contributed by atoms with Gasteiger partial charge in [-0.2, -0.15) is 10.1 Å². The van der Waals surface area contributed by atoms with E-state index in [4.69, 9.17) is 4.52 Å². The SMILES string of the molecule is CCCn1ncc(C(=O)NCCc2nc(Cc3ccccc3)no2)c1C. The van der Waals surface area contributed by atoms with Crippen LogP contribution in [0.5, 0.6) is 0 Å². The topological polar surface area (TPSA) is 85.8 Å². The van der Waals surface area contributed by atoms with Crippen molar-refractivity contribution in [1.82, 2.24) is 25.2 Å². The molecular formula is C19H23N5O2.